The Morgan fingerprint density at radius 3 is 2.56 bits per heavy atom. The highest BCUT2D eigenvalue weighted by Gasteiger charge is 2.50. The van der Waals surface area contributed by atoms with E-state index in [1.54, 1.807) is 19.1 Å². The molecule has 0 aliphatic carbocycles. The van der Waals surface area contributed by atoms with E-state index < -0.39 is 11.9 Å². The summed E-state index contributed by atoms with van der Waals surface area (Å²) in [7, 11) is 0. The van der Waals surface area contributed by atoms with Crippen molar-refractivity contribution >= 4 is 23.6 Å². The highest BCUT2D eigenvalue weighted by molar-refractivity contribution is 5.85. The molecule has 5 fully saturated rings. The summed E-state index contributed by atoms with van der Waals surface area (Å²) in [6, 6.07) is 5.01. The fourth-order valence-electron chi connectivity index (χ4n) is 5.73. The molecule has 5 saturated heterocycles. The maximum atomic E-state index is 14.8. The second kappa shape index (κ2) is 8.77. The molecule has 9 heteroatoms. The molecule has 0 radical (unpaired) electrons. The van der Waals surface area contributed by atoms with Gasteiger partial charge < -0.3 is 24.0 Å². The normalized spacial score (nSPS) is 30.9. The van der Waals surface area contributed by atoms with E-state index in [1.165, 1.54) is 6.07 Å². The Balaban J connectivity index is 1.20. The van der Waals surface area contributed by atoms with E-state index >= 15 is 0 Å². The molecule has 0 saturated carbocycles. The summed E-state index contributed by atoms with van der Waals surface area (Å²) in [4.78, 5) is 28.4. The van der Waals surface area contributed by atoms with Gasteiger partial charge in [0.05, 0.1) is 31.0 Å². The molecule has 5 heterocycles. The molecule has 0 aromatic heterocycles. The summed E-state index contributed by atoms with van der Waals surface area (Å²) >= 11 is 0. The van der Waals surface area contributed by atoms with Crippen molar-refractivity contribution in [3.8, 4) is 0 Å². The minimum Gasteiger partial charge on any atom is -0.450 e. The number of amides is 2. The number of hydrogen-bond acceptors (Lipinski definition) is 6. The molecule has 1 N–H and O–H groups in total. The fourth-order valence-corrected chi connectivity index (χ4v) is 5.73. The number of ether oxygens (including phenoxy) is 3. The Morgan fingerprint density at radius 1 is 1.19 bits per heavy atom. The van der Waals surface area contributed by atoms with Gasteiger partial charge in [0.25, 0.3) is 0 Å². The Kier molecular flexibility index (Phi) is 5.84. The summed E-state index contributed by atoms with van der Waals surface area (Å²) in [5, 5.41) is 2.51. The van der Waals surface area contributed by atoms with Gasteiger partial charge in [-0.2, -0.15) is 0 Å². The fraction of sp³-hybridized carbons (Fsp3) is 0.652. The average Bonchev–Trinajstić information content (AvgIpc) is 2.73. The van der Waals surface area contributed by atoms with Crippen LogP contribution in [0.5, 0.6) is 0 Å². The van der Waals surface area contributed by atoms with Gasteiger partial charge in [-0.05, 0) is 63.6 Å². The summed E-state index contributed by atoms with van der Waals surface area (Å²) in [5.41, 5.74) is 0.774. The molecule has 8 nitrogen and oxygen atoms in total. The molecule has 32 heavy (non-hydrogen) atoms. The molecular weight excluding hydrogens is 417 g/mol. The number of benzene rings is 1. The minimum atomic E-state index is -0.615. The molecule has 174 valence electrons. The highest BCUT2D eigenvalue weighted by Crippen LogP contribution is 2.43. The quantitative estimate of drug-likeness (QED) is 0.754. The number of nitrogens with zero attached hydrogens (tertiary/aromatic N) is 2. The highest BCUT2D eigenvalue weighted by atomic mass is 19.1. The summed E-state index contributed by atoms with van der Waals surface area (Å²) < 4.78 is 31.5. The van der Waals surface area contributed by atoms with Gasteiger partial charge in [0, 0.05) is 24.3 Å². The summed E-state index contributed by atoms with van der Waals surface area (Å²) in [6.45, 7) is 3.08. The lowest BCUT2D eigenvalue weighted by molar-refractivity contribution is -0.174. The zero-order chi connectivity index (χ0) is 22.2. The lowest BCUT2D eigenvalue weighted by atomic mass is 9.78. The predicted octanol–water partition coefficient (Wildman–Crippen LogP) is 3.89. The molecule has 1 atom stereocenters. The zero-order valence-corrected chi connectivity index (χ0v) is 18.3. The van der Waals surface area contributed by atoms with E-state index in [2.05, 4.69) is 5.32 Å². The van der Waals surface area contributed by atoms with Gasteiger partial charge >= 0.3 is 12.2 Å². The number of carbonyl (C=O) groups is 2. The molecule has 6 rings (SSSR count). The average molecular weight is 448 g/mol. The van der Waals surface area contributed by atoms with Crippen molar-refractivity contribution < 1.29 is 28.2 Å². The van der Waals surface area contributed by atoms with Crippen molar-refractivity contribution in [2.24, 2.45) is 0 Å². The number of hydrogen-bond donors (Lipinski definition) is 1. The van der Waals surface area contributed by atoms with Gasteiger partial charge in [0.1, 0.15) is 11.9 Å². The van der Waals surface area contributed by atoms with Gasteiger partial charge in [-0.3, -0.25) is 5.32 Å². The van der Waals surface area contributed by atoms with Crippen LogP contribution in [-0.4, -0.2) is 67.2 Å². The third-order valence-corrected chi connectivity index (χ3v) is 6.98. The first-order valence-electron chi connectivity index (χ1n) is 11.6. The Hall–Kier alpha value is -2.55. The predicted molar refractivity (Wildman–Crippen MR) is 115 cm³/mol. The third-order valence-electron chi connectivity index (χ3n) is 6.98. The lowest BCUT2D eigenvalue weighted by Crippen LogP contribution is -2.64. The number of halogens is 1. The maximum absolute atomic E-state index is 14.8. The van der Waals surface area contributed by atoms with Crippen molar-refractivity contribution in [1.82, 2.24) is 4.90 Å². The number of piperidine rings is 3. The molecule has 4 bridgehead atoms. The SMILES string of the molecule is CCOC(=O)Nc1ccc(N2CCCC(OC(=O)N3C4CC5CC3CC(C4)O5)C2)c(F)c1. The second-order valence-corrected chi connectivity index (χ2v) is 9.14. The van der Waals surface area contributed by atoms with Crippen molar-refractivity contribution in [2.75, 3.05) is 29.9 Å². The Bertz CT molecular complexity index is 853. The monoisotopic (exact) mass is 447 g/mol. The van der Waals surface area contributed by atoms with Crippen LogP contribution < -0.4 is 10.2 Å². The van der Waals surface area contributed by atoms with E-state index in [0.717, 1.165) is 38.5 Å². The molecule has 5 aliphatic heterocycles. The first-order valence-corrected chi connectivity index (χ1v) is 11.6. The third kappa shape index (κ3) is 4.22. The van der Waals surface area contributed by atoms with Crippen LogP contribution in [-0.2, 0) is 14.2 Å². The molecule has 5 aliphatic rings. The number of rotatable bonds is 4. The molecule has 0 spiro atoms. The first-order chi connectivity index (χ1) is 15.5. The van der Waals surface area contributed by atoms with Crippen LogP contribution in [0.2, 0.25) is 0 Å². The van der Waals surface area contributed by atoms with Gasteiger partial charge in [-0.1, -0.05) is 0 Å². The van der Waals surface area contributed by atoms with Gasteiger partial charge in [-0.25, -0.2) is 14.0 Å². The molecule has 1 aromatic carbocycles. The van der Waals surface area contributed by atoms with E-state index in [1.807, 2.05) is 9.80 Å². The van der Waals surface area contributed by atoms with Crippen LogP contribution in [0.25, 0.3) is 0 Å². The molecule has 1 unspecified atom stereocenters. The Morgan fingerprint density at radius 2 is 1.91 bits per heavy atom. The molecular formula is C23H30FN3O5. The topological polar surface area (TPSA) is 80.3 Å². The standard InChI is InChI=1S/C23H30FN3O5/c1-2-30-22(28)25-14-5-6-21(20(24)8-14)26-7-3-4-17(13-26)32-23(29)27-15-9-18-11-16(27)12-19(10-15)31-18/h5-6,8,15-19H,2-4,7,9-13H2,1H3,(H,25,28). The number of anilines is 2. The van der Waals surface area contributed by atoms with Crippen molar-refractivity contribution in [2.45, 2.75) is 75.8 Å². The van der Waals surface area contributed by atoms with Crippen LogP contribution in [0.15, 0.2) is 18.2 Å². The maximum Gasteiger partial charge on any atom is 0.411 e. The van der Waals surface area contributed by atoms with E-state index in [4.69, 9.17) is 14.2 Å². The van der Waals surface area contributed by atoms with Crippen LogP contribution in [0.4, 0.5) is 25.4 Å². The second-order valence-electron chi connectivity index (χ2n) is 9.14. The van der Waals surface area contributed by atoms with Crippen molar-refractivity contribution in [1.29, 1.82) is 0 Å². The van der Waals surface area contributed by atoms with Gasteiger partial charge in [0.2, 0.25) is 0 Å². The van der Waals surface area contributed by atoms with E-state index in [9.17, 15) is 14.0 Å². The lowest BCUT2D eigenvalue weighted by Gasteiger charge is -2.55. The number of nitrogens with one attached hydrogen (secondary N) is 1. The van der Waals surface area contributed by atoms with Crippen LogP contribution >= 0.6 is 0 Å². The zero-order valence-electron chi connectivity index (χ0n) is 18.3. The smallest absolute Gasteiger partial charge is 0.411 e. The first kappa shape index (κ1) is 21.3. The number of carbonyl (C=O) groups excluding carboxylic acids is 2. The van der Waals surface area contributed by atoms with Crippen LogP contribution in [0.1, 0.15) is 45.4 Å². The van der Waals surface area contributed by atoms with Crippen molar-refractivity contribution in [3.05, 3.63) is 24.0 Å². The molecule has 1 aromatic rings. The van der Waals surface area contributed by atoms with E-state index in [-0.39, 0.29) is 43.1 Å². The molecule has 2 amide bonds. The van der Waals surface area contributed by atoms with Crippen LogP contribution in [0, 0.1) is 5.82 Å². The largest absolute Gasteiger partial charge is 0.450 e. The van der Waals surface area contributed by atoms with Gasteiger partial charge in [0.15, 0.2) is 0 Å². The van der Waals surface area contributed by atoms with E-state index in [0.29, 0.717) is 24.5 Å². The summed E-state index contributed by atoms with van der Waals surface area (Å²) in [5.74, 6) is -0.434. The van der Waals surface area contributed by atoms with Crippen LogP contribution in [0.3, 0.4) is 0 Å². The summed E-state index contributed by atoms with van der Waals surface area (Å²) in [6.07, 6.45) is 4.62. The van der Waals surface area contributed by atoms with Gasteiger partial charge in [-0.15, -0.1) is 0 Å². The Labute approximate surface area is 187 Å². The van der Waals surface area contributed by atoms with Crippen molar-refractivity contribution in [3.63, 3.8) is 0 Å². The minimum absolute atomic E-state index is 0.218.